The van der Waals surface area contributed by atoms with Gasteiger partial charge < -0.3 is 19.1 Å². The first kappa shape index (κ1) is 24.5. The molecule has 4 rings (SSSR count). The van der Waals surface area contributed by atoms with Gasteiger partial charge in [0.15, 0.2) is 0 Å². The van der Waals surface area contributed by atoms with Crippen molar-refractivity contribution in [1.29, 1.82) is 0 Å². The van der Waals surface area contributed by atoms with Gasteiger partial charge in [-0.2, -0.15) is 0 Å². The Morgan fingerprint density at radius 3 is 2.54 bits per heavy atom. The summed E-state index contributed by atoms with van der Waals surface area (Å²) in [4.78, 5) is 45.6. The molecular weight excluding hydrogens is 472 g/mol. The van der Waals surface area contributed by atoms with E-state index < -0.39 is 5.91 Å². The number of amides is 3. The standard InChI is InChI=1S/C24H26N4O6S/c1-3-12-32-24(31)28-10-8-18(9-11-28)34-22-15(2)21(25-14-26-22)33-17-6-4-16(5-7-17)13-19-20(29)27-23(30)35-19/h4-7,13-14,18H,3,8-12H2,1-2H3,(H,27,29,30). The average molecular weight is 499 g/mol. The molecule has 10 nitrogen and oxygen atoms in total. The quantitative estimate of drug-likeness (QED) is 0.557. The summed E-state index contributed by atoms with van der Waals surface area (Å²) < 4.78 is 17.2. The topological polar surface area (TPSA) is 120 Å². The molecule has 0 saturated carbocycles. The molecule has 2 saturated heterocycles. The predicted molar refractivity (Wildman–Crippen MR) is 129 cm³/mol. The molecule has 3 heterocycles. The second-order valence-corrected chi connectivity index (χ2v) is 9.07. The number of aromatic nitrogens is 2. The molecule has 1 aromatic heterocycles. The summed E-state index contributed by atoms with van der Waals surface area (Å²) in [5.74, 6) is 0.972. The summed E-state index contributed by atoms with van der Waals surface area (Å²) >= 11 is 0.871. The molecule has 11 heteroatoms. The molecule has 2 aliphatic rings. The van der Waals surface area contributed by atoms with Crippen LogP contribution >= 0.6 is 11.8 Å². The number of carbonyl (C=O) groups is 3. The van der Waals surface area contributed by atoms with E-state index in [0.29, 0.717) is 60.5 Å². The smallest absolute Gasteiger partial charge is 0.409 e. The minimum Gasteiger partial charge on any atom is -0.474 e. The van der Waals surface area contributed by atoms with Gasteiger partial charge in [-0.3, -0.25) is 14.9 Å². The van der Waals surface area contributed by atoms with Crippen LogP contribution < -0.4 is 14.8 Å². The van der Waals surface area contributed by atoms with Crippen LogP contribution in [0.1, 0.15) is 37.3 Å². The number of nitrogens with one attached hydrogen (secondary N) is 1. The number of benzene rings is 1. The number of imide groups is 1. The van der Waals surface area contributed by atoms with Gasteiger partial charge in [0, 0.05) is 25.9 Å². The molecule has 2 aliphatic heterocycles. The number of likely N-dealkylation sites (tertiary alicyclic amines) is 1. The van der Waals surface area contributed by atoms with Crippen LogP contribution in [0, 0.1) is 6.92 Å². The second-order valence-electron chi connectivity index (χ2n) is 8.05. The highest BCUT2D eigenvalue weighted by molar-refractivity contribution is 8.18. The zero-order chi connectivity index (χ0) is 24.8. The lowest BCUT2D eigenvalue weighted by Gasteiger charge is -2.31. The Morgan fingerprint density at radius 1 is 1.17 bits per heavy atom. The van der Waals surface area contributed by atoms with Gasteiger partial charge in [0.05, 0.1) is 17.1 Å². The third kappa shape index (κ3) is 6.30. The van der Waals surface area contributed by atoms with Crippen LogP contribution in [0.15, 0.2) is 35.5 Å². The van der Waals surface area contributed by atoms with Gasteiger partial charge in [-0.1, -0.05) is 19.1 Å². The summed E-state index contributed by atoms with van der Waals surface area (Å²) in [7, 11) is 0. The van der Waals surface area contributed by atoms with Gasteiger partial charge in [-0.05, 0) is 48.9 Å². The van der Waals surface area contributed by atoms with Gasteiger partial charge in [0.25, 0.3) is 11.1 Å². The van der Waals surface area contributed by atoms with E-state index >= 15 is 0 Å². The van der Waals surface area contributed by atoms with E-state index in [1.165, 1.54) is 6.33 Å². The van der Waals surface area contributed by atoms with Gasteiger partial charge in [0.1, 0.15) is 18.2 Å². The molecule has 2 fully saturated rings. The Kier molecular flexibility index (Phi) is 7.86. The molecule has 0 radical (unpaired) electrons. The van der Waals surface area contributed by atoms with E-state index in [4.69, 9.17) is 14.2 Å². The Balaban J connectivity index is 1.35. The minimum absolute atomic E-state index is 0.0727. The number of thioether (sulfide) groups is 1. The molecule has 0 aliphatic carbocycles. The van der Waals surface area contributed by atoms with Crippen LogP contribution in [-0.2, 0) is 9.53 Å². The SMILES string of the molecule is CCCOC(=O)N1CCC(Oc2ncnc(Oc3ccc(C=C4SC(=O)NC4=O)cc3)c2C)CC1. The van der Waals surface area contributed by atoms with Crippen LogP contribution in [0.3, 0.4) is 0 Å². The first-order chi connectivity index (χ1) is 16.9. The Bertz CT molecular complexity index is 1130. The lowest BCUT2D eigenvalue weighted by molar-refractivity contribution is -0.115. The summed E-state index contributed by atoms with van der Waals surface area (Å²) in [6.07, 6.45) is 4.84. The average Bonchev–Trinajstić information content (AvgIpc) is 3.18. The van der Waals surface area contributed by atoms with Crippen molar-refractivity contribution in [2.45, 2.75) is 39.2 Å². The molecule has 0 unspecified atom stereocenters. The largest absolute Gasteiger partial charge is 0.474 e. The van der Waals surface area contributed by atoms with E-state index in [0.717, 1.165) is 23.7 Å². The van der Waals surface area contributed by atoms with Crippen LogP contribution in [-0.4, -0.2) is 57.9 Å². The van der Waals surface area contributed by atoms with Gasteiger partial charge in [-0.25, -0.2) is 14.8 Å². The first-order valence-corrected chi connectivity index (χ1v) is 12.2. The van der Waals surface area contributed by atoms with Crippen molar-refractivity contribution in [1.82, 2.24) is 20.2 Å². The summed E-state index contributed by atoms with van der Waals surface area (Å²) in [5.41, 5.74) is 1.43. The lowest BCUT2D eigenvalue weighted by Crippen LogP contribution is -2.42. The molecular formula is C24H26N4O6S. The van der Waals surface area contributed by atoms with E-state index in [9.17, 15) is 14.4 Å². The van der Waals surface area contributed by atoms with Crippen molar-refractivity contribution in [3.63, 3.8) is 0 Å². The Hall–Kier alpha value is -3.60. The highest BCUT2D eigenvalue weighted by Gasteiger charge is 2.26. The summed E-state index contributed by atoms with van der Waals surface area (Å²) in [6, 6.07) is 7.07. The van der Waals surface area contributed by atoms with E-state index in [-0.39, 0.29) is 17.4 Å². The highest BCUT2D eigenvalue weighted by Crippen LogP contribution is 2.30. The number of nitrogens with zero attached hydrogens (tertiary/aromatic N) is 3. The molecule has 1 aromatic carbocycles. The Labute approximate surface area is 207 Å². The van der Waals surface area contributed by atoms with Crippen LogP contribution in [0.2, 0.25) is 0 Å². The molecule has 1 N–H and O–H groups in total. The van der Waals surface area contributed by atoms with Crippen molar-refractivity contribution in [3.05, 3.63) is 46.6 Å². The number of rotatable bonds is 7. The zero-order valence-corrected chi connectivity index (χ0v) is 20.3. The molecule has 35 heavy (non-hydrogen) atoms. The van der Waals surface area contributed by atoms with Crippen LogP contribution in [0.4, 0.5) is 9.59 Å². The van der Waals surface area contributed by atoms with Crippen molar-refractivity contribution in [2.24, 2.45) is 0 Å². The molecule has 0 bridgehead atoms. The van der Waals surface area contributed by atoms with Crippen molar-refractivity contribution < 1.29 is 28.6 Å². The molecule has 0 spiro atoms. The number of carbonyl (C=O) groups excluding carboxylic acids is 3. The Morgan fingerprint density at radius 2 is 1.89 bits per heavy atom. The third-order valence-corrected chi connectivity index (χ3v) is 6.24. The third-order valence-electron chi connectivity index (χ3n) is 5.43. The fraction of sp³-hybridized carbons (Fsp3) is 0.375. The van der Waals surface area contributed by atoms with Crippen LogP contribution in [0.5, 0.6) is 17.5 Å². The van der Waals surface area contributed by atoms with Crippen molar-refractivity contribution in [3.8, 4) is 17.5 Å². The summed E-state index contributed by atoms with van der Waals surface area (Å²) in [6.45, 7) is 5.35. The van der Waals surface area contributed by atoms with Crippen molar-refractivity contribution in [2.75, 3.05) is 19.7 Å². The number of hydrogen-bond acceptors (Lipinski definition) is 9. The second kappa shape index (κ2) is 11.2. The normalized spacial score (nSPS) is 17.4. The predicted octanol–water partition coefficient (Wildman–Crippen LogP) is 4.29. The molecule has 184 valence electrons. The fourth-order valence-electron chi connectivity index (χ4n) is 3.55. The maximum absolute atomic E-state index is 12.0. The molecule has 2 aromatic rings. The monoisotopic (exact) mass is 498 g/mol. The molecule has 0 atom stereocenters. The van der Waals surface area contributed by atoms with E-state index in [1.54, 1.807) is 35.2 Å². The zero-order valence-electron chi connectivity index (χ0n) is 19.5. The number of ether oxygens (including phenoxy) is 3. The first-order valence-electron chi connectivity index (χ1n) is 11.4. The fourth-order valence-corrected chi connectivity index (χ4v) is 4.23. The minimum atomic E-state index is -0.397. The summed E-state index contributed by atoms with van der Waals surface area (Å²) in [5, 5.41) is 1.85. The molecule has 3 amide bonds. The van der Waals surface area contributed by atoms with Gasteiger partial charge in [-0.15, -0.1) is 0 Å². The highest BCUT2D eigenvalue weighted by atomic mass is 32.2. The number of hydrogen-bond donors (Lipinski definition) is 1. The maximum atomic E-state index is 12.0. The van der Waals surface area contributed by atoms with Crippen molar-refractivity contribution >= 4 is 35.1 Å². The maximum Gasteiger partial charge on any atom is 0.409 e. The lowest BCUT2D eigenvalue weighted by atomic mass is 10.1. The van der Waals surface area contributed by atoms with Crippen LogP contribution in [0.25, 0.3) is 6.08 Å². The van der Waals surface area contributed by atoms with E-state index in [1.807, 2.05) is 13.8 Å². The van der Waals surface area contributed by atoms with Gasteiger partial charge in [0.2, 0.25) is 11.8 Å². The van der Waals surface area contributed by atoms with E-state index in [2.05, 4.69) is 15.3 Å². The number of piperidine rings is 1. The van der Waals surface area contributed by atoms with Gasteiger partial charge >= 0.3 is 6.09 Å².